The van der Waals surface area contributed by atoms with Crippen molar-refractivity contribution in [3.05, 3.63) is 46.4 Å². The zero-order chi connectivity index (χ0) is 17.3. The maximum atomic E-state index is 12.5. The van der Waals surface area contributed by atoms with Gasteiger partial charge in [-0.1, -0.05) is 43.2 Å². The van der Waals surface area contributed by atoms with Crippen LogP contribution < -0.4 is 11.0 Å². The number of carbonyl (C=O) groups excluding carboxylic acids is 1. The van der Waals surface area contributed by atoms with Crippen molar-refractivity contribution in [2.75, 3.05) is 0 Å². The Hall–Kier alpha value is -2.44. The number of rotatable bonds is 5. The Bertz CT molecular complexity index is 800. The van der Waals surface area contributed by atoms with Crippen LogP contribution in [0.25, 0.3) is 0 Å². The Morgan fingerprint density at radius 3 is 2.48 bits per heavy atom. The highest BCUT2D eigenvalue weighted by atomic mass is 16.2. The minimum Gasteiger partial charge on any atom is -0.345 e. The molecule has 1 aromatic heterocycles. The first-order chi connectivity index (χ1) is 12.2. The molecule has 4 rings (SSSR count). The lowest BCUT2D eigenvalue weighted by atomic mass is 9.72. The van der Waals surface area contributed by atoms with Gasteiger partial charge in [-0.3, -0.25) is 4.79 Å². The van der Waals surface area contributed by atoms with Crippen molar-refractivity contribution in [1.82, 2.24) is 25.1 Å². The molecule has 1 amide bonds. The minimum absolute atomic E-state index is 0.0832. The van der Waals surface area contributed by atoms with Crippen LogP contribution in [0.5, 0.6) is 0 Å². The van der Waals surface area contributed by atoms with Crippen LogP contribution in [0.3, 0.4) is 0 Å². The number of nitrogens with zero attached hydrogens (tertiary/aromatic N) is 4. The van der Waals surface area contributed by atoms with E-state index >= 15 is 0 Å². The lowest BCUT2D eigenvalue weighted by Crippen LogP contribution is -2.52. The first-order valence-corrected chi connectivity index (χ1v) is 9.07. The molecule has 0 atom stereocenters. The van der Waals surface area contributed by atoms with Gasteiger partial charge in [-0.05, 0) is 48.1 Å². The van der Waals surface area contributed by atoms with Crippen LogP contribution in [0, 0.1) is 0 Å². The van der Waals surface area contributed by atoms with E-state index in [2.05, 4.69) is 15.7 Å². The second-order valence-electron chi connectivity index (χ2n) is 7.15. The summed E-state index contributed by atoms with van der Waals surface area (Å²) in [5.41, 5.74) is 0.532. The molecule has 1 heterocycles. The predicted octanol–water partition coefficient (Wildman–Crippen LogP) is 1.75. The van der Waals surface area contributed by atoms with Crippen LogP contribution in [0.1, 0.15) is 56.6 Å². The van der Waals surface area contributed by atoms with Gasteiger partial charge in [-0.2, -0.15) is 9.36 Å². The number of aromatic nitrogens is 4. The minimum atomic E-state index is -0.302. The van der Waals surface area contributed by atoms with E-state index in [1.165, 1.54) is 9.36 Å². The van der Waals surface area contributed by atoms with Crippen LogP contribution in [0.2, 0.25) is 0 Å². The quantitative estimate of drug-likeness (QED) is 0.898. The molecule has 1 N–H and O–H groups in total. The Kier molecular flexibility index (Phi) is 4.15. The van der Waals surface area contributed by atoms with E-state index in [0.29, 0.717) is 0 Å². The van der Waals surface area contributed by atoms with Gasteiger partial charge in [0.2, 0.25) is 5.91 Å². The van der Waals surface area contributed by atoms with E-state index < -0.39 is 0 Å². The molecule has 0 aliphatic heterocycles. The fourth-order valence-electron chi connectivity index (χ4n) is 3.98. The summed E-state index contributed by atoms with van der Waals surface area (Å²) in [4.78, 5) is 25.0. The Morgan fingerprint density at radius 2 is 1.84 bits per heavy atom. The van der Waals surface area contributed by atoms with Crippen molar-refractivity contribution in [2.45, 2.75) is 63.1 Å². The maximum absolute atomic E-state index is 12.5. The van der Waals surface area contributed by atoms with Crippen LogP contribution in [0.15, 0.2) is 35.1 Å². The molecule has 25 heavy (non-hydrogen) atoms. The highest BCUT2D eigenvalue weighted by molar-refractivity contribution is 5.77. The average molecular weight is 341 g/mol. The van der Waals surface area contributed by atoms with Gasteiger partial charge in [0.1, 0.15) is 6.54 Å². The number of hydrogen-bond acceptors (Lipinski definition) is 4. The Balaban J connectivity index is 1.46. The summed E-state index contributed by atoms with van der Waals surface area (Å²) in [5, 5.41) is 11.0. The molecular formula is C18H23N5O2. The first kappa shape index (κ1) is 16.1. The van der Waals surface area contributed by atoms with E-state index in [1.807, 2.05) is 30.3 Å². The standard InChI is InChI=1S/C18H23N5O2/c24-16(19-18(11-6-12-18)14-7-2-1-3-8-14)13-22-17(25)23(21-20-22)15-9-4-5-10-15/h1-3,7-8,15H,4-6,9-13H2,(H,19,24). The molecule has 0 bridgehead atoms. The molecule has 2 aromatic rings. The van der Waals surface area contributed by atoms with Gasteiger partial charge in [0, 0.05) is 0 Å². The molecular weight excluding hydrogens is 318 g/mol. The van der Waals surface area contributed by atoms with Crippen molar-refractivity contribution in [3.8, 4) is 0 Å². The van der Waals surface area contributed by atoms with Crippen molar-refractivity contribution in [3.63, 3.8) is 0 Å². The number of carbonyl (C=O) groups is 1. The lowest BCUT2D eigenvalue weighted by Gasteiger charge is -2.43. The summed E-state index contributed by atoms with van der Waals surface area (Å²) >= 11 is 0. The van der Waals surface area contributed by atoms with E-state index in [9.17, 15) is 9.59 Å². The highest BCUT2D eigenvalue weighted by Gasteiger charge is 2.40. The molecule has 0 unspecified atom stereocenters. The van der Waals surface area contributed by atoms with E-state index in [1.54, 1.807) is 0 Å². The maximum Gasteiger partial charge on any atom is 0.364 e. The van der Waals surface area contributed by atoms with Gasteiger partial charge in [0.15, 0.2) is 0 Å². The molecule has 1 aromatic carbocycles. The average Bonchev–Trinajstić information content (AvgIpc) is 3.23. The zero-order valence-electron chi connectivity index (χ0n) is 14.2. The number of tetrazole rings is 1. The fraction of sp³-hybridized carbons (Fsp3) is 0.556. The number of hydrogen-bond donors (Lipinski definition) is 1. The van der Waals surface area contributed by atoms with Crippen LogP contribution >= 0.6 is 0 Å². The van der Waals surface area contributed by atoms with Gasteiger partial charge < -0.3 is 5.32 Å². The number of benzene rings is 1. The third kappa shape index (κ3) is 2.99. The topological polar surface area (TPSA) is 81.8 Å². The van der Waals surface area contributed by atoms with Gasteiger partial charge in [0.25, 0.3) is 0 Å². The third-order valence-electron chi connectivity index (χ3n) is 5.54. The molecule has 0 radical (unpaired) electrons. The third-order valence-corrected chi connectivity index (χ3v) is 5.54. The van der Waals surface area contributed by atoms with Gasteiger partial charge in [-0.25, -0.2) is 4.79 Å². The summed E-state index contributed by atoms with van der Waals surface area (Å²) in [6.07, 6.45) is 7.09. The Morgan fingerprint density at radius 1 is 1.12 bits per heavy atom. The molecule has 2 fully saturated rings. The molecule has 7 heteroatoms. The van der Waals surface area contributed by atoms with Crippen LogP contribution in [-0.2, 0) is 16.9 Å². The molecule has 0 saturated heterocycles. The van der Waals surface area contributed by atoms with Crippen LogP contribution in [0.4, 0.5) is 0 Å². The van der Waals surface area contributed by atoms with E-state index in [4.69, 9.17) is 0 Å². The normalized spacial score (nSPS) is 19.5. The monoisotopic (exact) mass is 341 g/mol. The smallest absolute Gasteiger partial charge is 0.345 e. The zero-order valence-corrected chi connectivity index (χ0v) is 14.2. The summed E-state index contributed by atoms with van der Waals surface area (Å²) in [6.45, 7) is -0.0832. The van der Waals surface area contributed by atoms with E-state index in [-0.39, 0.29) is 29.7 Å². The summed E-state index contributed by atoms with van der Waals surface area (Å²) in [6, 6.07) is 10.2. The number of amides is 1. The fourth-order valence-corrected chi connectivity index (χ4v) is 3.98. The molecule has 132 valence electrons. The summed E-state index contributed by atoms with van der Waals surface area (Å²) in [5.74, 6) is -0.191. The summed E-state index contributed by atoms with van der Waals surface area (Å²) < 4.78 is 2.61. The largest absolute Gasteiger partial charge is 0.364 e. The second kappa shape index (κ2) is 6.46. The van der Waals surface area contributed by atoms with Crippen molar-refractivity contribution >= 4 is 5.91 Å². The molecule has 2 saturated carbocycles. The van der Waals surface area contributed by atoms with Gasteiger partial charge >= 0.3 is 5.69 Å². The SMILES string of the molecule is O=C(Cn1nnn(C2CCCC2)c1=O)NC1(c2ccccc2)CCC1. The lowest BCUT2D eigenvalue weighted by molar-refractivity contribution is -0.125. The first-order valence-electron chi connectivity index (χ1n) is 9.07. The summed E-state index contributed by atoms with van der Waals surface area (Å²) in [7, 11) is 0. The van der Waals surface area contributed by atoms with Gasteiger partial charge in [0.05, 0.1) is 11.6 Å². The Labute approximate surface area is 146 Å². The molecule has 7 nitrogen and oxygen atoms in total. The van der Waals surface area contributed by atoms with Crippen molar-refractivity contribution < 1.29 is 4.79 Å². The molecule has 2 aliphatic rings. The van der Waals surface area contributed by atoms with Crippen LogP contribution in [-0.4, -0.2) is 25.7 Å². The molecule has 0 spiro atoms. The number of nitrogens with one attached hydrogen (secondary N) is 1. The predicted molar refractivity (Wildman–Crippen MR) is 91.9 cm³/mol. The van der Waals surface area contributed by atoms with Crippen molar-refractivity contribution in [2.24, 2.45) is 0 Å². The highest BCUT2D eigenvalue weighted by Crippen LogP contribution is 2.41. The van der Waals surface area contributed by atoms with Gasteiger partial charge in [-0.15, -0.1) is 0 Å². The van der Waals surface area contributed by atoms with E-state index in [0.717, 1.165) is 50.5 Å². The molecule has 2 aliphatic carbocycles. The second-order valence-corrected chi connectivity index (χ2v) is 7.15. The van der Waals surface area contributed by atoms with Crippen molar-refractivity contribution in [1.29, 1.82) is 0 Å².